The van der Waals surface area contributed by atoms with Gasteiger partial charge in [-0.2, -0.15) is 0 Å². The van der Waals surface area contributed by atoms with Gasteiger partial charge in [-0.25, -0.2) is 9.78 Å². The number of hydrogen-bond donors (Lipinski definition) is 2. The first-order valence-corrected chi connectivity index (χ1v) is 9.64. The van der Waals surface area contributed by atoms with E-state index in [0.29, 0.717) is 17.7 Å². The fourth-order valence-electron chi connectivity index (χ4n) is 3.41. The third-order valence-corrected chi connectivity index (χ3v) is 4.92. The van der Waals surface area contributed by atoms with Crippen molar-refractivity contribution in [3.63, 3.8) is 0 Å². The largest absolute Gasteiger partial charge is 0.464 e. The molecule has 0 aliphatic carbocycles. The molecule has 0 radical (unpaired) electrons. The maximum absolute atomic E-state index is 12.6. The van der Waals surface area contributed by atoms with E-state index < -0.39 is 5.97 Å². The van der Waals surface area contributed by atoms with Crippen molar-refractivity contribution < 1.29 is 19.1 Å². The molecule has 1 fully saturated rings. The second kappa shape index (κ2) is 8.66. The van der Waals surface area contributed by atoms with E-state index in [9.17, 15) is 14.4 Å². The highest BCUT2D eigenvalue weighted by atomic mass is 16.5. The smallest absolute Gasteiger partial charge is 0.356 e. The number of para-hydroxylation sites is 1. The van der Waals surface area contributed by atoms with Crippen molar-refractivity contribution in [1.82, 2.24) is 10.4 Å². The number of ether oxygens (including phenoxy) is 1. The second-order valence-electron chi connectivity index (χ2n) is 6.96. The molecule has 0 bridgehead atoms. The van der Waals surface area contributed by atoms with E-state index in [-0.39, 0.29) is 23.6 Å². The summed E-state index contributed by atoms with van der Waals surface area (Å²) < 4.78 is 4.61. The Hall–Kier alpha value is -4.20. The van der Waals surface area contributed by atoms with Gasteiger partial charge < -0.3 is 10.1 Å². The number of carbonyl (C=O) groups is 3. The zero-order valence-corrected chi connectivity index (χ0v) is 16.7. The summed E-state index contributed by atoms with van der Waals surface area (Å²) in [5, 5.41) is 4.66. The molecule has 2 N–H and O–H groups in total. The summed E-state index contributed by atoms with van der Waals surface area (Å²) in [5.41, 5.74) is 5.67. The summed E-state index contributed by atoms with van der Waals surface area (Å²) in [5.74, 6) is -0.996. The van der Waals surface area contributed by atoms with E-state index in [1.165, 1.54) is 25.4 Å². The van der Waals surface area contributed by atoms with Crippen LogP contribution in [0.4, 0.5) is 11.4 Å². The minimum Gasteiger partial charge on any atom is -0.464 e. The third kappa shape index (κ3) is 4.37. The fourth-order valence-corrected chi connectivity index (χ4v) is 3.41. The highest BCUT2D eigenvalue weighted by Gasteiger charge is 2.31. The molecule has 1 unspecified atom stereocenters. The summed E-state index contributed by atoms with van der Waals surface area (Å²) in [6.07, 6.45) is 1.63. The van der Waals surface area contributed by atoms with Crippen LogP contribution >= 0.6 is 0 Å². The number of benzene rings is 2. The number of aromatic nitrogens is 1. The van der Waals surface area contributed by atoms with Crippen LogP contribution in [0.25, 0.3) is 0 Å². The lowest BCUT2D eigenvalue weighted by Gasteiger charge is -2.26. The van der Waals surface area contributed by atoms with Crippen LogP contribution in [0, 0.1) is 0 Å². The maximum atomic E-state index is 12.6. The Morgan fingerprint density at radius 3 is 2.61 bits per heavy atom. The molecule has 156 valence electrons. The molecule has 1 aromatic heterocycles. The number of nitrogens with one attached hydrogen (secondary N) is 2. The normalized spacial score (nSPS) is 15.3. The van der Waals surface area contributed by atoms with Gasteiger partial charge in [-0.15, -0.1) is 0 Å². The molecule has 1 atom stereocenters. The van der Waals surface area contributed by atoms with Crippen molar-refractivity contribution in [3.05, 3.63) is 89.7 Å². The molecule has 8 heteroatoms. The first-order valence-electron chi connectivity index (χ1n) is 9.64. The Balaban J connectivity index is 1.52. The molecule has 2 amide bonds. The van der Waals surface area contributed by atoms with Crippen molar-refractivity contribution >= 4 is 29.2 Å². The fraction of sp³-hybridized carbons (Fsp3) is 0.130. The van der Waals surface area contributed by atoms with E-state index in [1.807, 2.05) is 53.5 Å². The first-order chi connectivity index (χ1) is 15.0. The number of anilines is 2. The summed E-state index contributed by atoms with van der Waals surface area (Å²) in [6.45, 7) is 0. The van der Waals surface area contributed by atoms with Gasteiger partial charge in [0.15, 0.2) is 0 Å². The molecule has 31 heavy (non-hydrogen) atoms. The Morgan fingerprint density at radius 2 is 1.90 bits per heavy atom. The maximum Gasteiger partial charge on any atom is 0.356 e. The minimum atomic E-state index is -0.567. The van der Waals surface area contributed by atoms with E-state index in [1.54, 1.807) is 6.07 Å². The predicted molar refractivity (Wildman–Crippen MR) is 114 cm³/mol. The highest BCUT2D eigenvalue weighted by Crippen LogP contribution is 2.33. The lowest BCUT2D eigenvalue weighted by atomic mass is 10.0. The van der Waals surface area contributed by atoms with Gasteiger partial charge in [0.1, 0.15) is 5.69 Å². The summed E-state index contributed by atoms with van der Waals surface area (Å²) >= 11 is 0. The predicted octanol–water partition coefficient (Wildman–Crippen LogP) is 3.10. The van der Waals surface area contributed by atoms with Crippen LogP contribution in [0.1, 0.15) is 38.9 Å². The molecule has 1 aliphatic rings. The molecule has 2 heterocycles. The number of carbonyl (C=O) groups excluding carboxylic acids is 3. The Labute approximate surface area is 178 Å². The van der Waals surface area contributed by atoms with E-state index >= 15 is 0 Å². The number of methoxy groups -OCH3 is 1. The zero-order chi connectivity index (χ0) is 21.8. The quantitative estimate of drug-likeness (QED) is 0.620. The van der Waals surface area contributed by atoms with Crippen LogP contribution in [0.2, 0.25) is 0 Å². The van der Waals surface area contributed by atoms with E-state index in [0.717, 1.165) is 11.3 Å². The molecule has 0 spiro atoms. The van der Waals surface area contributed by atoms with Crippen LogP contribution in [0.5, 0.6) is 0 Å². The van der Waals surface area contributed by atoms with Crippen molar-refractivity contribution in [2.45, 2.75) is 12.5 Å². The van der Waals surface area contributed by atoms with Gasteiger partial charge in [-0.05, 0) is 42.0 Å². The average Bonchev–Trinajstić information content (AvgIpc) is 3.21. The number of hydrazine groups is 1. The molecule has 4 rings (SSSR count). The monoisotopic (exact) mass is 416 g/mol. The van der Waals surface area contributed by atoms with Crippen molar-refractivity contribution in [2.24, 2.45) is 0 Å². The topological polar surface area (TPSA) is 101 Å². The highest BCUT2D eigenvalue weighted by molar-refractivity contribution is 6.04. The van der Waals surface area contributed by atoms with Crippen molar-refractivity contribution in [1.29, 1.82) is 0 Å². The first kappa shape index (κ1) is 20.1. The van der Waals surface area contributed by atoms with Gasteiger partial charge in [0.2, 0.25) is 5.91 Å². The van der Waals surface area contributed by atoms with Crippen molar-refractivity contribution in [3.8, 4) is 0 Å². The standard InChI is InChI=1S/C23H20N4O4/c1-31-23(30)19-11-10-16(14-24-19)22(29)25-17-7-5-6-15(12-17)20-13-21(28)26-27(20)18-8-3-2-4-9-18/h2-12,14,20H,13H2,1H3,(H,25,29)(H,26,28). The van der Waals surface area contributed by atoms with Gasteiger partial charge in [0, 0.05) is 11.9 Å². The number of amides is 2. The lowest BCUT2D eigenvalue weighted by Crippen LogP contribution is -2.34. The zero-order valence-electron chi connectivity index (χ0n) is 16.7. The third-order valence-electron chi connectivity index (χ3n) is 4.92. The van der Waals surface area contributed by atoms with Gasteiger partial charge >= 0.3 is 5.97 Å². The van der Waals surface area contributed by atoms with Crippen LogP contribution < -0.4 is 15.8 Å². The molecular weight excluding hydrogens is 396 g/mol. The SMILES string of the molecule is COC(=O)c1ccc(C(=O)Nc2cccc(C3CC(=O)NN3c3ccccc3)c2)cn1. The summed E-state index contributed by atoms with van der Waals surface area (Å²) in [6, 6.07) is 19.7. The Kier molecular flexibility index (Phi) is 5.61. The number of nitrogens with zero attached hydrogens (tertiary/aromatic N) is 2. The molecular formula is C23H20N4O4. The Bertz CT molecular complexity index is 1120. The number of esters is 1. The second-order valence-corrected chi connectivity index (χ2v) is 6.96. The van der Waals surface area contributed by atoms with E-state index in [2.05, 4.69) is 20.5 Å². The number of rotatable bonds is 5. The summed E-state index contributed by atoms with van der Waals surface area (Å²) in [7, 11) is 1.27. The van der Waals surface area contributed by atoms with E-state index in [4.69, 9.17) is 0 Å². The van der Waals surface area contributed by atoms with Gasteiger partial charge in [-0.3, -0.25) is 20.0 Å². The minimum absolute atomic E-state index is 0.0694. The van der Waals surface area contributed by atoms with Crippen LogP contribution in [-0.4, -0.2) is 29.9 Å². The molecule has 3 aromatic rings. The molecule has 2 aromatic carbocycles. The van der Waals surface area contributed by atoms with Crippen LogP contribution in [-0.2, 0) is 9.53 Å². The van der Waals surface area contributed by atoms with Gasteiger partial charge in [0.25, 0.3) is 5.91 Å². The molecule has 0 saturated carbocycles. The van der Waals surface area contributed by atoms with Gasteiger partial charge in [-0.1, -0.05) is 30.3 Å². The van der Waals surface area contributed by atoms with Crippen LogP contribution in [0.3, 0.4) is 0 Å². The van der Waals surface area contributed by atoms with Crippen molar-refractivity contribution in [2.75, 3.05) is 17.4 Å². The molecule has 1 saturated heterocycles. The number of hydrogen-bond acceptors (Lipinski definition) is 6. The lowest BCUT2D eigenvalue weighted by molar-refractivity contribution is -0.119. The van der Waals surface area contributed by atoms with Gasteiger partial charge in [0.05, 0.1) is 30.8 Å². The average molecular weight is 416 g/mol. The molecule has 1 aliphatic heterocycles. The Morgan fingerprint density at radius 1 is 1.10 bits per heavy atom. The number of pyridine rings is 1. The van der Waals surface area contributed by atoms with Crippen LogP contribution in [0.15, 0.2) is 72.9 Å². The molecule has 8 nitrogen and oxygen atoms in total. The summed E-state index contributed by atoms with van der Waals surface area (Å²) in [4.78, 5) is 40.1.